The quantitative estimate of drug-likeness (QED) is 0.370. The molecular weight excluding hydrogens is 382 g/mol. The minimum Gasteiger partial charge on any atom is -0.466 e. The van der Waals surface area contributed by atoms with Crippen molar-refractivity contribution in [3.63, 3.8) is 0 Å². The summed E-state index contributed by atoms with van der Waals surface area (Å²) in [6, 6.07) is 6.33. The van der Waals surface area contributed by atoms with E-state index in [1.54, 1.807) is 38.1 Å². The van der Waals surface area contributed by atoms with Crippen LogP contribution >= 0.6 is 0 Å². The van der Waals surface area contributed by atoms with Gasteiger partial charge in [-0.1, -0.05) is 37.3 Å². The molecule has 29 heavy (non-hydrogen) atoms. The molecule has 0 aromatic heterocycles. The van der Waals surface area contributed by atoms with Crippen molar-refractivity contribution in [2.24, 2.45) is 11.7 Å². The molecule has 0 heterocycles. The number of aliphatic hydroxyl groups is 1. The van der Waals surface area contributed by atoms with E-state index in [4.69, 9.17) is 15.2 Å². The number of carbonyl (C=O) groups is 4. The molecule has 0 unspecified atom stereocenters. The fraction of sp³-hybridized carbons (Fsp3) is 0.474. The van der Waals surface area contributed by atoms with E-state index >= 15 is 0 Å². The lowest BCUT2D eigenvalue weighted by Gasteiger charge is -2.24. The first-order valence-electron chi connectivity index (χ1n) is 9.11. The van der Waals surface area contributed by atoms with Crippen LogP contribution in [0.25, 0.3) is 0 Å². The van der Waals surface area contributed by atoms with E-state index in [1.807, 2.05) is 6.07 Å². The molecule has 1 rings (SSSR count). The van der Waals surface area contributed by atoms with E-state index in [0.29, 0.717) is 0 Å². The van der Waals surface area contributed by atoms with Crippen LogP contribution < -0.4 is 16.4 Å². The summed E-state index contributed by atoms with van der Waals surface area (Å²) < 4.78 is 9.81. The number of amides is 3. The summed E-state index contributed by atoms with van der Waals surface area (Å²) in [6.45, 7) is 2.62. The Morgan fingerprint density at radius 1 is 1.10 bits per heavy atom. The van der Waals surface area contributed by atoms with Crippen molar-refractivity contribution in [3.8, 4) is 0 Å². The van der Waals surface area contributed by atoms with E-state index in [1.165, 1.54) is 0 Å². The Kier molecular flexibility index (Phi) is 10.2. The number of hydrogen-bond donors (Lipinski definition) is 4. The third kappa shape index (κ3) is 8.60. The lowest BCUT2D eigenvalue weighted by Crippen LogP contribution is -2.56. The van der Waals surface area contributed by atoms with Crippen molar-refractivity contribution >= 4 is 23.9 Å². The molecule has 1 aromatic carbocycles. The van der Waals surface area contributed by atoms with Crippen molar-refractivity contribution in [1.29, 1.82) is 0 Å². The fourth-order valence-corrected chi connectivity index (χ4v) is 2.45. The first-order valence-corrected chi connectivity index (χ1v) is 9.11. The van der Waals surface area contributed by atoms with Crippen molar-refractivity contribution < 1.29 is 33.8 Å². The summed E-state index contributed by atoms with van der Waals surface area (Å²) in [6.07, 6.45) is -1.06. The van der Waals surface area contributed by atoms with Crippen molar-refractivity contribution in [1.82, 2.24) is 10.6 Å². The number of aliphatic hydroxyl groups excluding tert-OH is 1. The first-order chi connectivity index (χ1) is 13.8. The van der Waals surface area contributed by atoms with Crippen molar-refractivity contribution in [2.45, 2.75) is 39.0 Å². The molecule has 10 nitrogen and oxygen atoms in total. The molecule has 0 saturated carbocycles. The second-order valence-corrected chi connectivity index (χ2v) is 6.32. The molecule has 0 aliphatic carbocycles. The predicted octanol–water partition coefficient (Wildman–Crippen LogP) is -0.167. The third-order valence-electron chi connectivity index (χ3n) is 3.97. The number of alkyl carbamates (subject to hydrolysis) is 1. The van der Waals surface area contributed by atoms with Crippen LogP contribution in [-0.2, 0) is 30.5 Å². The normalized spacial score (nSPS) is 13.5. The Morgan fingerprint density at radius 3 is 2.31 bits per heavy atom. The van der Waals surface area contributed by atoms with E-state index in [9.17, 15) is 24.3 Å². The van der Waals surface area contributed by atoms with Gasteiger partial charge in [0.1, 0.15) is 18.7 Å². The molecule has 3 atom stereocenters. The van der Waals surface area contributed by atoms with Gasteiger partial charge in [-0.05, 0) is 18.4 Å². The highest BCUT2D eigenvalue weighted by atomic mass is 16.5. The maximum absolute atomic E-state index is 12.3. The summed E-state index contributed by atoms with van der Waals surface area (Å²) in [7, 11) is 0. The number of nitrogens with two attached hydrogens (primary N) is 1. The number of carbonyl (C=O) groups excluding carboxylic acids is 4. The molecule has 0 aliphatic rings. The van der Waals surface area contributed by atoms with Gasteiger partial charge in [-0.15, -0.1) is 0 Å². The summed E-state index contributed by atoms with van der Waals surface area (Å²) >= 11 is 0. The molecule has 5 N–H and O–H groups in total. The minimum absolute atomic E-state index is 0.0209. The van der Waals surface area contributed by atoms with Gasteiger partial charge in [-0.25, -0.2) is 4.79 Å². The molecule has 3 amide bonds. The van der Waals surface area contributed by atoms with Crippen molar-refractivity contribution in [3.05, 3.63) is 35.9 Å². The topological polar surface area (TPSA) is 157 Å². The number of benzene rings is 1. The summed E-state index contributed by atoms with van der Waals surface area (Å²) in [4.78, 5) is 47.5. The number of ether oxygens (including phenoxy) is 2. The molecule has 160 valence electrons. The zero-order valence-corrected chi connectivity index (χ0v) is 16.4. The number of primary amides is 1. The number of hydrogen-bond acceptors (Lipinski definition) is 7. The van der Waals surface area contributed by atoms with Gasteiger partial charge in [0, 0.05) is 0 Å². The summed E-state index contributed by atoms with van der Waals surface area (Å²) in [5.74, 6) is -2.90. The SMILES string of the molecule is CCOC(=O)C[C@@H](C)[C@@H](NC(=O)[C@H](CO)NC(=O)OCc1ccccc1)C(N)=O. The van der Waals surface area contributed by atoms with E-state index in [-0.39, 0.29) is 19.6 Å². The number of esters is 1. The molecule has 0 bridgehead atoms. The highest BCUT2D eigenvalue weighted by molar-refractivity contribution is 5.91. The Labute approximate surface area is 168 Å². The predicted molar refractivity (Wildman–Crippen MR) is 102 cm³/mol. The second-order valence-electron chi connectivity index (χ2n) is 6.32. The molecule has 0 saturated heterocycles. The average Bonchev–Trinajstić information content (AvgIpc) is 2.69. The fourth-order valence-electron chi connectivity index (χ4n) is 2.45. The molecule has 0 radical (unpaired) electrons. The zero-order chi connectivity index (χ0) is 21.8. The van der Waals surface area contributed by atoms with Crippen LogP contribution in [0.3, 0.4) is 0 Å². The first kappa shape index (κ1) is 23.9. The molecule has 0 spiro atoms. The second kappa shape index (κ2) is 12.3. The van der Waals surface area contributed by atoms with Crippen LogP contribution in [0.1, 0.15) is 25.8 Å². The van der Waals surface area contributed by atoms with Gasteiger partial charge in [0.05, 0.1) is 19.6 Å². The van der Waals surface area contributed by atoms with Gasteiger partial charge < -0.3 is 30.9 Å². The van der Waals surface area contributed by atoms with Crippen LogP contribution in [0.2, 0.25) is 0 Å². The van der Waals surface area contributed by atoms with Gasteiger partial charge in [0.2, 0.25) is 11.8 Å². The minimum atomic E-state index is -1.37. The van der Waals surface area contributed by atoms with Crippen LogP contribution in [0.5, 0.6) is 0 Å². The molecule has 0 fully saturated rings. The lowest BCUT2D eigenvalue weighted by molar-refractivity contribution is -0.145. The van der Waals surface area contributed by atoms with E-state index in [2.05, 4.69) is 10.6 Å². The molecule has 0 aliphatic heterocycles. The number of rotatable bonds is 11. The highest BCUT2D eigenvalue weighted by Crippen LogP contribution is 2.10. The largest absolute Gasteiger partial charge is 0.466 e. The monoisotopic (exact) mass is 409 g/mol. The van der Waals surface area contributed by atoms with Crippen LogP contribution in [0, 0.1) is 5.92 Å². The zero-order valence-electron chi connectivity index (χ0n) is 16.4. The van der Waals surface area contributed by atoms with Gasteiger partial charge >= 0.3 is 12.1 Å². The summed E-state index contributed by atoms with van der Waals surface area (Å²) in [5.41, 5.74) is 6.05. The van der Waals surface area contributed by atoms with E-state index < -0.39 is 48.5 Å². The Morgan fingerprint density at radius 2 is 1.76 bits per heavy atom. The van der Waals surface area contributed by atoms with E-state index in [0.717, 1.165) is 5.56 Å². The van der Waals surface area contributed by atoms with Crippen molar-refractivity contribution in [2.75, 3.05) is 13.2 Å². The van der Waals surface area contributed by atoms with Gasteiger partial charge in [0.15, 0.2) is 0 Å². The maximum Gasteiger partial charge on any atom is 0.408 e. The van der Waals surface area contributed by atoms with Gasteiger partial charge in [-0.3, -0.25) is 14.4 Å². The molecule has 1 aromatic rings. The van der Waals surface area contributed by atoms with Gasteiger partial charge in [0.25, 0.3) is 0 Å². The summed E-state index contributed by atoms with van der Waals surface area (Å²) in [5, 5.41) is 14.0. The molecular formula is C19H27N3O7. The third-order valence-corrected chi connectivity index (χ3v) is 3.97. The van der Waals surface area contributed by atoms with Crippen LogP contribution in [0.15, 0.2) is 30.3 Å². The highest BCUT2D eigenvalue weighted by Gasteiger charge is 2.30. The van der Waals surface area contributed by atoms with Crippen LogP contribution in [-0.4, -0.2) is 54.3 Å². The molecule has 10 heteroatoms. The Balaban J connectivity index is 2.62. The Hall–Kier alpha value is -3.14. The smallest absolute Gasteiger partial charge is 0.408 e. The van der Waals surface area contributed by atoms with Crippen LogP contribution in [0.4, 0.5) is 4.79 Å². The average molecular weight is 409 g/mol. The Bertz CT molecular complexity index is 696. The maximum atomic E-state index is 12.3. The van der Waals surface area contributed by atoms with Gasteiger partial charge in [-0.2, -0.15) is 0 Å². The lowest BCUT2D eigenvalue weighted by atomic mass is 9.97. The number of nitrogens with one attached hydrogen (secondary N) is 2. The standard InChI is InChI=1S/C19H27N3O7/c1-3-28-15(24)9-12(2)16(17(20)25)22-18(26)14(10-23)21-19(27)29-11-13-7-5-4-6-8-13/h4-8,12,14,16,23H,3,9-11H2,1-2H3,(H2,20,25)(H,21,27)(H,22,26)/t12-,14+,16-/m1/s1.